The van der Waals surface area contributed by atoms with Gasteiger partial charge in [-0.3, -0.25) is 0 Å². The third-order valence-corrected chi connectivity index (χ3v) is 1.58. The van der Waals surface area contributed by atoms with E-state index in [-0.39, 0.29) is 12.3 Å². The molecular formula is C7H9FN2O2. The maximum Gasteiger partial charge on any atom is 0.169 e. The molecule has 0 aromatic rings. The van der Waals surface area contributed by atoms with E-state index in [4.69, 9.17) is 16.0 Å². The summed E-state index contributed by atoms with van der Waals surface area (Å²) in [5.41, 5.74) is 5.49. The first-order valence-electron chi connectivity index (χ1n) is 3.38. The SMILES string of the molecule is N/C(=N\O)C1=CCC(O)C(F)=C1. The summed E-state index contributed by atoms with van der Waals surface area (Å²) in [6.07, 6.45) is 1.60. The van der Waals surface area contributed by atoms with E-state index in [1.54, 1.807) is 0 Å². The maximum absolute atomic E-state index is 12.7. The van der Waals surface area contributed by atoms with E-state index in [2.05, 4.69) is 5.16 Å². The topological polar surface area (TPSA) is 78.8 Å². The third-order valence-electron chi connectivity index (χ3n) is 1.58. The van der Waals surface area contributed by atoms with E-state index in [9.17, 15) is 4.39 Å². The molecule has 66 valence electrons. The van der Waals surface area contributed by atoms with Crippen LogP contribution in [0.25, 0.3) is 0 Å². The second-order valence-corrected chi connectivity index (χ2v) is 2.43. The van der Waals surface area contributed by atoms with Crippen molar-refractivity contribution in [1.82, 2.24) is 0 Å². The number of nitrogens with two attached hydrogens (primary N) is 1. The van der Waals surface area contributed by atoms with E-state index in [0.29, 0.717) is 5.57 Å². The van der Waals surface area contributed by atoms with Crippen LogP contribution in [0.3, 0.4) is 0 Å². The third kappa shape index (κ3) is 1.62. The molecule has 4 nitrogen and oxygen atoms in total. The van der Waals surface area contributed by atoms with Crippen LogP contribution in [0.4, 0.5) is 4.39 Å². The van der Waals surface area contributed by atoms with Crippen LogP contribution in [0, 0.1) is 0 Å². The zero-order valence-corrected chi connectivity index (χ0v) is 6.24. The van der Waals surface area contributed by atoms with E-state index in [1.165, 1.54) is 6.08 Å². The highest BCUT2D eigenvalue weighted by molar-refractivity contribution is 5.99. The number of rotatable bonds is 1. The van der Waals surface area contributed by atoms with Crippen molar-refractivity contribution in [2.75, 3.05) is 0 Å². The van der Waals surface area contributed by atoms with Crippen molar-refractivity contribution in [3.05, 3.63) is 23.6 Å². The Kier molecular flexibility index (Phi) is 2.44. The zero-order valence-electron chi connectivity index (χ0n) is 6.24. The molecule has 0 bridgehead atoms. The summed E-state index contributed by atoms with van der Waals surface area (Å²) in [4.78, 5) is 0. The first-order chi connectivity index (χ1) is 5.65. The molecule has 1 aliphatic rings. The smallest absolute Gasteiger partial charge is 0.169 e. The van der Waals surface area contributed by atoms with E-state index < -0.39 is 11.9 Å². The molecule has 0 aliphatic heterocycles. The average Bonchev–Trinajstić information content (AvgIpc) is 2.08. The largest absolute Gasteiger partial charge is 0.409 e. The summed E-state index contributed by atoms with van der Waals surface area (Å²) in [6.45, 7) is 0. The molecule has 5 heteroatoms. The van der Waals surface area contributed by atoms with Crippen LogP contribution >= 0.6 is 0 Å². The average molecular weight is 172 g/mol. The highest BCUT2D eigenvalue weighted by atomic mass is 19.1. The number of aliphatic hydroxyl groups excluding tert-OH is 1. The van der Waals surface area contributed by atoms with Crippen molar-refractivity contribution >= 4 is 5.84 Å². The molecule has 12 heavy (non-hydrogen) atoms. The lowest BCUT2D eigenvalue weighted by Gasteiger charge is -2.12. The summed E-state index contributed by atoms with van der Waals surface area (Å²) in [6, 6.07) is 0. The van der Waals surface area contributed by atoms with Gasteiger partial charge in [-0.15, -0.1) is 0 Å². The summed E-state index contributed by atoms with van der Waals surface area (Å²) in [7, 11) is 0. The lowest BCUT2D eigenvalue weighted by molar-refractivity contribution is 0.183. The van der Waals surface area contributed by atoms with Crippen molar-refractivity contribution < 1.29 is 14.7 Å². The number of hydrogen-bond acceptors (Lipinski definition) is 3. The van der Waals surface area contributed by atoms with Crippen LogP contribution in [0.2, 0.25) is 0 Å². The minimum Gasteiger partial charge on any atom is -0.409 e. The van der Waals surface area contributed by atoms with Gasteiger partial charge in [0.1, 0.15) is 11.9 Å². The van der Waals surface area contributed by atoms with Gasteiger partial charge < -0.3 is 16.0 Å². The Morgan fingerprint density at radius 3 is 2.92 bits per heavy atom. The molecule has 0 radical (unpaired) electrons. The monoisotopic (exact) mass is 172 g/mol. The van der Waals surface area contributed by atoms with Crippen LogP contribution in [0.5, 0.6) is 0 Å². The van der Waals surface area contributed by atoms with Gasteiger partial charge in [0.25, 0.3) is 0 Å². The fourth-order valence-electron chi connectivity index (χ4n) is 0.891. The van der Waals surface area contributed by atoms with Gasteiger partial charge >= 0.3 is 0 Å². The molecule has 0 spiro atoms. The Morgan fingerprint density at radius 1 is 1.75 bits per heavy atom. The molecule has 1 aliphatic carbocycles. The Morgan fingerprint density at radius 2 is 2.42 bits per heavy atom. The number of aliphatic hydroxyl groups is 1. The molecular weight excluding hydrogens is 163 g/mol. The van der Waals surface area contributed by atoms with Crippen LogP contribution in [0.1, 0.15) is 6.42 Å². The Bertz CT molecular complexity index is 271. The molecule has 4 N–H and O–H groups in total. The van der Waals surface area contributed by atoms with Crippen LogP contribution in [-0.4, -0.2) is 22.3 Å². The molecule has 0 saturated heterocycles. The van der Waals surface area contributed by atoms with Gasteiger partial charge in [0.05, 0.1) is 0 Å². The van der Waals surface area contributed by atoms with Gasteiger partial charge in [0, 0.05) is 5.57 Å². The van der Waals surface area contributed by atoms with Gasteiger partial charge in [0.15, 0.2) is 5.84 Å². The predicted octanol–water partition coefficient (Wildman–Crippen LogP) is 0.277. The number of amidine groups is 1. The Balaban J connectivity index is 2.85. The second kappa shape index (κ2) is 3.36. The maximum atomic E-state index is 12.7. The fraction of sp³-hybridized carbons (Fsp3) is 0.286. The highest BCUT2D eigenvalue weighted by Gasteiger charge is 2.16. The van der Waals surface area contributed by atoms with Gasteiger partial charge in [-0.2, -0.15) is 0 Å². The summed E-state index contributed by atoms with van der Waals surface area (Å²) < 4.78 is 12.7. The number of nitrogens with zero attached hydrogens (tertiary/aromatic N) is 1. The van der Waals surface area contributed by atoms with Crippen molar-refractivity contribution in [3.8, 4) is 0 Å². The lowest BCUT2D eigenvalue weighted by atomic mass is 10.0. The predicted molar refractivity (Wildman–Crippen MR) is 41.3 cm³/mol. The molecule has 0 fully saturated rings. The molecule has 1 atom stereocenters. The molecule has 0 saturated carbocycles. The second-order valence-electron chi connectivity index (χ2n) is 2.43. The van der Waals surface area contributed by atoms with E-state index in [1.807, 2.05) is 0 Å². The van der Waals surface area contributed by atoms with Crippen LogP contribution in [0.15, 0.2) is 28.7 Å². The van der Waals surface area contributed by atoms with Crippen molar-refractivity contribution in [3.63, 3.8) is 0 Å². The van der Waals surface area contributed by atoms with Gasteiger partial charge in [-0.1, -0.05) is 11.2 Å². The summed E-state index contributed by atoms with van der Waals surface area (Å²) in [5.74, 6) is -0.823. The first kappa shape index (κ1) is 8.73. The minimum absolute atomic E-state index is 0.147. The molecule has 1 unspecified atom stereocenters. The van der Waals surface area contributed by atoms with E-state index >= 15 is 0 Å². The number of hydrogen-bond donors (Lipinski definition) is 3. The Labute approximate surface area is 68.5 Å². The van der Waals surface area contributed by atoms with Gasteiger partial charge in [-0.25, -0.2) is 4.39 Å². The molecule has 0 heterocycles. The van der Waals surface area contributed by atoms with E-state index in [0.717, 1.165) is 6.08 Å². The molecule has 0 amide bonds. The fourth-order valence-corrected chi connectivity index (χ4v) is 0.891. The molecule has 0 aromatic heterocycles. The standard InChI is InChI=1S/C7H9FN2O2/c8-5-3-4(7(9)10-12)1-2-6(5)11/h1,3,6,11-12H,2H2,(H2,9,10). The van der Waals surface area contributed by atoms with Gasteiger partial charge in [0.2, 0.25) is 0 Å². The number of halogens is 1. The molecule has 0 aromatic carbocycles. The lowest BCUT2D eigenvalue weighted by Crippen LogP contribution is -2.18. The normalized spacial score (nSPS) is 24.8. The van der Waals surface area contributed by atoms with Crippen molar-refractivity contribution in [2.24, 2.45) is 10.9 Å². The number of oxime groups is 1. The summed E-state index contributed by atoms with van der Waals surface area (Å²) >= 11 is 0. The Hall–Kier alpha value is -1.36. The van der Waals surface area contributed by atoms with Crippen LogP contribution < -0.4 is 5.73 Å². The van der Waals surface area contributed by atoms with Gasteiger partial charge in [-0.05, 0) is 12.5 Å². The zero-order chi connectivity index (χ0) is 9.14. The molecule has 1 rings (SSSR count). The quantitative estimate of drug-likeness (QED) is 0.230. The highest BCUT2D eigenvalue weighted by Crippen LogP contribution is 2.18. The minimum atomic E-state index is -1.10. The van der Waals surface area contributed by atoms with Crippen molar-refractivity contribution in [2.45, 2.75) is 12.5 Å². The first-order valence-corrected chi connectivity index (χ1v) is 3.38. The van der Waals surface area contributed by atoms with Crippen LogP contribution in [-0.2, 0) is 0 Å². The summed E-state index contributed by atoms with van der Waals surface area (Å²) in [5, 5.41) is 19.9. The van der Waals surface area contributed by atoms with Crippen molar-refractivity contribution in [1.29, 1.82) is 0 Å².